The Morgan fingerprint density at radius 2 is 1.95 bits per heavy atom. The maximum absolute atomic E-state index is 13.6. The number of aliphatic carboxylic acids is 1. The SMILES string of the molecule is CC(C)(C)OC(=O)N[C@@H](CC(=O)[O-])Cc1ccccc1F. The smallest absolute Gasteiger partial charge is 0.407 e. The van der Waals surface area contributed by atoms with E-state index in [4.69, 9.17) is 4.74 Å². The van der Waals surface area contributed by atoms with Crippen molar-refractivity contribution in [3.63, 3.8) is 0 Å². The highest BCUT2D eigenvalue weighted by Crippen LogP contribution is 2.12. The number of carbonyl (C=O) groups excluding carboxylic acids is 2. The third kappa shape index (κ3) is 6.74. The van der Waals surface area contributed by atoms with Crippen LogP contribution in [0.3, 0.4) is 0 Å². The zero-order chi connectivity index (χ0) is 16.0. The molecule has 0 heterocycles. The van der Waals surface area contributed by atoms with Gasteiger partial charge < -0.3 is 20.0 Å². The Bertz CT molecular complexity index is 511. The van der Waals surface area contributed by atoms with Crippen molar-refractivity contribution in [3.8, 4) is 0 Å². The molecular formula is C15H19FNO4-. The fourth-order valence-corrected chi connectivity index (χ4v) is 1.78. The van der Waals surface area contributed by atoms with E-state index in [1.165, 1.54) is 18.2 Å². The molecule has 1 atom stereocenters. The number of carbonyl (C=O) groups is 2. The van der Waals surface area contributed by atoms with Crippen LogP contribution in [0, 0.1) is 5.82 Å². The van der Waals surface area contributed by atoms with Gasteiger partial charge >= 0.3 is 6.09 Å². The van der Waals surface area contributed by atoms with Crippen molar-refractivity contribution in [1.82, 2.24) is 5.32 Å². The second-order valence-corrected chi connectivity index (χ2v) is 5.71. The number of carboxylic acids is 1. The molecule has 6 heteroatoms. The molecule has 0 bridgehead atoms. The Labute approximate surface area is 123 Å². The maximum atomic E-state index is 13.6. The van der Waals surface area contributed by atoms with Gasteiger partial charge in [0, 0.05) is 18.4 Å². The van der Waals surface area contributed by atoms with Crippen LogP contribution < -0.4 is 10.4 Å². The van der Waals surface area contributed by atoms with Crippen molar-refractivity contribution in [2.24, 2.45) is 0 Å². The monoisotopic (exact) mass is 296 g/mol. The summed E-state index contributed by atoms with van der Waals surface area (Å²) in [5, 5.41) is 13.2. The molecule has 0 aliphatic rings. The average molecular weight is 296 g/mol. The number of hydrogen-bond donors (Lipinski definition) is 1. The first kappa shape index (κ1) is 16.9. The standard InChI is InChI=1S/C15H20FNO4/c1-15(2,3)21-14(20)17-11(9-13(18)19)8-10-6-4-5-7-12(10)16/h4-7,11H,8-9H2,1-3H3,(H,17,20)(H,18,19)/p-1/t11-/m1/s1. The fraction of sp³-hybridized carbons (Fsp3) is 0.467. The summed E-state index contributed by atoms with van der Waals surface area (Å²) < 4.78 is 18.6. The van der Waals surface area contributed by atoms with Crippen molar-refractivity contribution in [3.05, 3.63) is 35.6 Å². The molecule has 21 heavy (non-hydrogen) atoms. The summed E-state index contributed by atoms with van der Waals surface area (Å²) in [6, 6.07) is 5.19. The number of carboxylic acid groups (broad SMARTS) is 1. The van der Waals surface area contributed by atoms with Crippen LogP contribution >= 0.6 is 0 Å². The van der Waals surface area contributed by atoms with E-state index in [1.807, 2.05) is 0 Å². The Morgan fingerprint density at radius 1 is 1.33 bits per heavy atom. The van der Waals surface area contributed by atoms with Gasteiger partial charge in [-0.15, -0.1) is 0 Å². The Kier molecular flexibility index (Phi) is 5.69. The predicted molar refractivity (Wildman–Crippen MR) is 72.9 cm³/mol. The number of nitrogens with one attached hydrogen (secondary N) is 1. The minimum absolute atomic E-state index is 0.0416. The van der Waals surface area contributed by atoms with Crippen molar-refractivity contribution < 1.29 is 23.8 Å². The number of hydrogen-bond acceptors (Lipinski definition) is 4. The van der Waals surface area contributed by atoms with Crippen LogP contribution in [0.25, 0.3) is 0 Å². The minimum atomic E-state index is -1.33. The molecule has 0 unspecified atom stereocenters. The molecule has 0 saturated carbocycles. The summed E-state index contributed by atoms with van der Waals surface area (Å²) in [5.74, 6) is -1.78. The first-order valence-electron chi connectivity index (χ1n) is 6.60. The van der Waals surface area contributed by atoms with E-state index >= 15 is 0 Å². The van der Waals surface area contributed by atoms with Crippen LogP contribution in [0.1, 0.15) is 32.8 Å². The molecule has 0 fully saturated rings. The molecule has 0 aliphatic carbocycles. The van der Waals surface area contributed by atoms with Gasteiger partial charge in [0.1, 0.15) is 11.4 Å². The third-order valence-corrected chi connectivity index (χ3v) is 2.56. The largest absolute Gasteiger partial charge is 0.550 e. The number of ether oxygens (including phenoxy) is 1. The second kappa shape index (κ2) is 7.06. The Hall–Kier alpha value is -2.11. The molecule has 0 aromatic heterocycles. The summed E-state index contributed by atoms with van der Waals surface area (Å²) in [6.07, 6.45) is -1.13. The first-order chi connectivity index (χ1) is 9.67. The quantitative estimate of drug-likeness (QED) is 0.891. The lowest BCUT2D eigenvalue weighted by atomic mass is 10.0. The van der Waals surface area contributed by atoms with E-state index in [-0.39, 0.29) is 6.42 Å². The van der Waals surface area contributed by atoms with Gasteiger partial charge in [-0.05, 0) is 38.8 Å². The summed E-state index contributed by atoms with van der Waals surface area (Å²) in [7, 11) is 0. The van der Waals surface area contributed by atoms with Gasteiger partial charge in [0.15, 0.2) is 0 Å². The summed E-state index contributed by atoms with van der Waals surface area (Å²) in [5.41, 5.74) is -0.381. The summed E-state index contributed by atoms with van der Waals surface area (Å²) >= 11 is 0. The van der Waals surface area contributed by atoms with Crippen LogP contribution in [0.15, 0.2) is 24.3 Å². The second-order valence-electron chi connectivity index (χ2n) is 5.71. The van der Waals surface area contributed by atoms with Crippen molar-refractivity contribution in [2.75, 3.05) is 0 Å². The molecule has 0 saturated heterocycles. The molecule has 0 spiro atoms. The van der Waals surface area contributed by atoms with Gasteiger partial charge in [-0.25, -0.2) is 9.18 Å². The minimum Gasteiger partial charge on any atom is -0.550 e. The molecule has 1 rings (SSSR count). The van der Waals surface area contributed by atoms with Gasteiger partial charge in [0.05, 0.1) is 0 Å². The van der Waals surface area contributed by atoms with E-state index in [9.17, 15) is 19.1 Å². The van der Waals surface area contributed by atoms with Crippen molar-refractivity contribution >= 4 is 12.1 Å². The summed E-state index contributed by atoms with van der Waals surface area (Å²) in [6.45, 7) is 5.08. The molecule has 116 valence electrons. The zero-order valence-corrected chi connectivity index (χ0v) is 12.3. The van der Waals surface area contributed by atoms with Gasteiger partial charge in [0.2, 0.25) is 0 Å². The lowest BCUT2D eigenvalue weighted by Gasteiger charge is -2.24. The van der Waals surface area contributed by atoms with E-state index in [2.05, 4.69) is 5.32 Å². The highest BCUT2D eigenvalue weighted by atomic mass is 19.1. The lowest BCUT2D eigenvalue weighted by molar-refractivity contribution is -0.306. The molecule has 1 amide bonds. The maximum Gasteiger partial charge on any atom is 0.407 e. The van der Waals surface area contributed by atoms with Crippen LogP contribution in [0.4, 0.5) is 9.18 Å². The Balaban J connectivity index is 2.75. The first-order valence-corrected chi connectivity index (χ1v) is 6.60. The van der Waals surface area contributed by atoms with E-state index in [1.54, 1.807) is 26.8 Å². The highest BCUT2D eigenvalue weighted by molar-refractivity contribution is 5.70. The summed E-state index contributed by atoms with van der Waals surface area (Å²) in [4.78, 5) is 22.4. The van der Waals surface area contributed by atoms with Crippen LogP contribution in [-0.4, -0.2) is 23.7 Å². The average Bonchev–Trinajstić information content (AvgIpc) is 2.28. The van der Waals surface area contributed by atoms with E-state index in [0.717, 1.165) is 0 Å². The van der Waals surface area contributed by atoms with Gasteiger partial charge in [-0.3, -0.25) is 0 Å². The number of amides is 1. The Morgan fingerprint density at radius 3 is 2.48 bits per heavy atom. The van der Waals surface area contributed by atoms with Gasteiger partial charge in [-0.2, -0.15) is 0 Å². The zero-order valence-electron chi connectivity index (χ0n) is 12.3. The number of alkyl carbamates (subject to hydrolysis) is 1. The normalized spacial score (nSPS) is 12.6. The third-order valence-electron chi connectivity index (χ3n) is 2.56. The van der Waals surface area contributed by atoms with Crippen molar-refractivity contribution in [2.45, 2.75) is 45.3 Å². The lowest BCUT2D eigenvalue weighted by Crippen LogP contribution is -2.43. The van der Waals surface area contributed by atoms with E-state index < -0.39 is 35.9 Å². The highest BCUT2D eigenvalue weighted by Gasteiger charge is 2.20. The number of rotatable bonds is 5. The number of benzene rings is 1. The van der Waals surface area contributed by atoms with Crippen LogP contribution in [0.5, 0.6) is 0 Å². The van der Waals surface area contributed by atoms with Gasteiger partial charge in [0.25, 0.3) is 0 Å². The van der Waals surface area contributed by atoms with Crippen LogP contribution in [0.2, 0.25) is 0 Å². The fourth-order valence-electron chi connectivity index (χ4n) is 1.78. The molecule has 0 aliphatic heterocycles. The predicted octanol–water partition coefficient (Wildman–Crippen LogP) is 1.40. The molecule has 1 aromatic rings. The van der Waals surface area contributed by atoms with Gasteiger partial charge in [-0.1, -0.05) is 18.2 Å². The molecular weight excluding hydrogens is 277 g/mol. The van der Waals surface area contributed by atoms with Crippen LogP contribution in [-0.2, 0) is 16.0 Å². The van der Waals surface area contributed by atoms with E-state index in [0.29, 0.717) is 5.56 Å². The number of halogens is 1. The molecule has 5 nitrogen and oxygen atoms in total. The molecule has 1 N–H and O–H groups in total. The topological polar surface area (TPSA) is 78.5 Å². The van der Waals surface area contributed by atoms with Crippen molar-refractivity contribution in [1.29, 1.82) is 0 Å². The molecule has 1 aromatic carbocycles. The molecule has 0 radical (unpaired) electrons.